The normalized spacial score (nSPS) is 30.2. The maximum absolute atomic E-state index is 7.77. The Hall–Kier alpha value is -1.25. The Morgan fingerprint density at radius 3 is 1.63 bits per heavy atom. The fourth-order valence-corrected chi connectivity index (χ4v) is 22.6. The molecule has 0 N–H and O–H groups in total. The van der Waals surface area contributed by atoms with Crippen LogP contribution in [-0.2, 0) is 0 Å². The molecule has 2 aromatic rings. The number of aryl methyl sites for hydroxylation is 4. The average molecular weight is 561 g/mol. The molecule has 2 atom stereocenters. The van der Waals surface area contributed by atoms with E-state index in [-0.39, 0.29) is 12.1 Å². The van der Waals surface area contributed by atoms with Crippen molar-refractivity contribution in [3.05, 3.63) is 57.6 Å². The molecule has 2 aromatic carbocycles. The van der Waals surface area contributed by atoms with Gasteiger partial charge in [0, 0.05) is 0 Å². The predicted molar refractivity (Wildman–Crippen MR) is 123 cm³/mol. The summed E-state index contributed by atoms with van der Waals surface area (Å²) in [7, 11) is 15.5. The van der Waals surface area contributed by atoms with Gasteiger partial charge in [0.2, 0.25) is 0 Å². The van der Waals surface area contributed by atoms with Gasteiger partial charge in [0.15, 0.2) is 0 Å². The van der Waals surface area contributed by atoms with E-state index in [0.717, 1.165) is 53.0 Å². The number of halogens is 2. The fraction of sp³-hybridized carbons (Fsp3) is 0.391. The van der Waals surface area contributed by atoms with E-state index in [1.54, 1.807) is 0 Å². The summed E-state index contributed by atoms with van der Waals surface area (Å²) in [5, 5.41) is 0. The van der Waals surface area contributed by atoms with Crippen LogP contribution in [0.3, 0.4) is 0 Å². The van der Waals surface area contributed by atoms with E-state index in [4.69, 9.17) is 24.1 Å². The molecule has 158 valence electrons. The molecule has 6 rings (SSSR count). The summed E-state index contributed by atoms with van der Waals surface area (Å²) in [4.78, 5) is 0. The Bertz CT molecular complexity index is 1170. The number of fused-ring (bicyclic) bond motifs is 5. The molecule has 3 aliphatic heterocycles. The summed E-state index contributed by atoms with van der Waals surface area (Å²) >= 11 is -5.96. The third-order valence-corrected chi connectivity index (χ3v) is 22.8. The Labute approximate surface area is 184 Å². The molecule has 0 amide bonds. The van der Waals surface area contributed by atoms with Crippen LogP contribution < -0.4 is 6.20 Å². The van der Waals surface area contributed by atoms with Crippen molar-refractivity contribution < 1.29 is 11.9 Å². The van der Waals surface area contributed by atoms with Gasteiger partial charge < -0.3 is 0 Å². The molecule has 1 saturated carbocycles. The number of hydrogen-bond donors (Lipinski definition) is 0. The summed E-state index contributed by atoms with van der Waals surface area (Å²) in [6.07, 6.45) is 7.43. The molecule has 2 fully saturated rings. The van der Waals surface area contributed by atoms with Crippen molar-refractivity contribution in [2.75, 3.05) is 0 Å². The molecule has 0 unspecified atom stereocenters. The molecule has 0 aromatic heterocycles. The van der Waals surface area contributed by atoms with Gasteiger partial charge in [-0.3, -0.25) is 0 Å². The maximum atomic E-state index is 7.77. The van der Waals surface area contributed by atoms with E-state index in [1.165, 1.54) is 11.1 Å². The van der Waals surface area contributed by atoms with Gasteiger partial charge in [-0.2, -0.15) is 0 Å². The Kier molecular flexibility index (Phi) is 3.49. The van der Waals surface area contributed by atoms with E-state index in [1.807, 2.05) is 13.8 Å². The van der Waals surface area contributed by atoms with Gasteiger partial charge in [0.25, 0.3) is 0 Å². The molecule has 30 heavy (non-hydrogen) atoms. The molecule has 4 aliphatic rings. The van der Waals surface area contributed by atoms with Gasteiger partial charge >= 0.3 is 185 Å². The van der Waals surface area contributed by atoms with Crippen LogP contribution in [0.4, 0.5) is 0 Å². The zero-order valence-corrected chi connectivity index (χ0v) is 21.5. The van der Waals surface area contributed by atoms with E-state index >= 15 is 0 Å². The van der Waals surface area contributed by atoms with Crippen molar-refractivity contribution in [2.24, 2.45) is 0 Å². The minimum absolute atomic E-state index is 0.173. The van der Waals surface area contributed by atoms with Crippen molar-refractivity contribution in [1.29, 1.82) is 0 Å². The van der Waals surface area contributed by atoms with Crippen molar-refractivity contribution >= 4 is 44.9 Å². The monoisotopic (exact) mass is 562 g/mol. The zero-order valence-electron chi connectivity index (χ0n) is 17.6. The van der Waals surface area contributed by atoms with Crippen LogP contribution in [0.1, 0.15) is 52.6 Å². The van der Waals surface area contributed by atoms with Crippen LogP contribution in [0, 0.1) is 27.7 Å². The van der Waals surface area contributed by atoms with Crippen molar-refractivity contribution in [1.82, 2.24) is 0 Å². The Morgan fingerprint density at radius 2 is 1.20 bits per heavy atom. The topological polar surface area (TPSA) is 24.5 Å². The van der Waals surface area contributed by atoms with Crippen LogP contribution in [0.15, 0.2) is 24.3 Å². The van der Waals surface area contributed by atoms with Gasteiger partial charge in [-0.05, 0) is 0 Å². The van der Waals surface area contributed by atoms with Crippen LogP contribution in [-0.4, -0.2) is 44.7 Å². The summed E-state index contributed by atoms with van der Waals surface area (Å²) in [6.45, 7) is 8.29. The molecule has 1 aliphatic carbocycles. The third-order valence-electron chi connectivity index (χ3n) is 6.89. The first-order valence-corrected chi connectivity index (χ1v) is 20.4. The molecule has 4 nitrogen and oxygen atoms in total. The Morgan fingerprint density at radius 1 is 0.767 bits per heavy atom. The second-order valence-corrected chi connectivity index (χ2v) is 28.7. The number of rotatable bonds is 0. The van der Waals surface area contributed by atoms with E-state index in [0.29, 0.717) is 0 Å². The van der Waals surface area contributed by atoms with Crippen LogP contribution in [0.2, 0.25) is 0 Å². The summed E-state index contributed by atoms with van der Waals surface area (Å²) in [5.74, 6) is 1.47. The van der Waals surface area contributed by atoms with Crippen LogP contribution >= 0.6 is 17.9 Å². The van der Waals surface area contributed by atoms with Crippen LogP contribution in [0.25, 0.3) is 0 Å². The van der Waals surface area contributed by atoms with Gasteiger partial charge in [0.05, 0.1) is 0 Å². The van der Waals surface area contributed by atoms with Gasteiger partial charge in [-0.15, -0.1) is 0 Å². The molecule has 1 saturated heterocycles. The van der Waals surface area contributed by atoms with Crippen molar-refractivity contribution in [3.8, 4) is 11.5 Å². The van der Waals surface area contributed by atoms with E-state index < -0.39 is 14.6 Å². The molecule has 0 radical (unpaired) electrons. The molecule has 0 bridgehead atoms. The van der Waals surface area contributed by atoms with Crippen LogP contribution in [0.5, 0.6) is 11.5 Å². The van der Waals surface area contributed by atoms with Gasteiger partial charge in [0.1, 0.15) is 0 Å². The predicted octanol–water partition coefficient (Wildman–Crippen LogP) is 5.02. The SMILES string of the molecule is Cc1cc(C)c2c(c1)C=[N+]1[C@@H]3CCC[C@H]3[N+]3=Cc4cc(C)cc(C)c4O[Te]13(Cl)(Cl)O2. The number of nitrogens with zero attached hydrogens (tertiary/aromatic N) is 2. The quantitative estimate of drug-likeness (QED) is 0.423. The van der Waals surface area contributed by atoms with E-state index in [2.05, 4.69) is 56.2 Å². The second-order valence-electron chi connectivity index (χ2n) is 9.24. The summed E-state index contributed by atoms with van der Waals surface area (Å²) in [5.41, 5.74) is 6.46. The first-order valence-electron chi connectivity index (χ1n) is 10.5. The molecular formula is C23H26Cl2N2O2Te+2. The van der Waals surface area contributed by atoms with Gasteiger partial charge in [-0.25, -0.2) is 0 Å². The summed E-state index contributed by atoms with van der Waals surface area (Å²) < 4.78 is 18.0. The standard InChI is InChI=1S/C23H26Cl2N2O2Te/c1-14-8-16(3)22-18(10-14)12-26-20-6-5-7-21(20)27-13-19-11-15(2)9-17(4)23(19)29-30(26,27,24,25)28-22/h8-13,20-21H,5-7H2,1-4H3/q+2/t20-,21-/m1/s1. The Balaban J connectivity index is 1.73. The minimum atomic E-state index is -5.96. The molecule has 7 heteroatoms. The van der Waals surface area contributed by atoms with Crippen molar-refractivity contribution in [3.63, 3.8) is 0 Å². The first kappa shape index (κ1) is 19.4. The first-order chi connectivity index (χ1) is 14.0. The fourth-order valence-electron chi connectivity index (χ4n) is 5.78. The van der Waals surface area contributed by atoms with Gasteiger partial charge in [-0.1, -0.05) is 0 Å². The average Bonchev–Trinajstić information content (AvgIpc) is 3.16. The molecule has 1 spiro atoms. The van der Waals surface area contributed by atoms with E-state index in [9.17, 15) is 0 Å². The number of hydrogen-bond acceptors (Lipinski definition) is 2. The second kappa shape index (κ2) is 5.38. The molecule has 3 heterocycles. The number of benzene rings is 2. The van der Waals surface area contributed by atoms with Crippen molar-refractivity contribution in [2.45, 2.75) is 59.0 Å². The zero-order chi connectivity index (χ0) is 21.1. The third kappa shape index (κ3) is 2.15. The molecular weight excluding hydrogens is 535 g/mol. The summed E-state index contributed by atoms with van der Waals surface area (Å²) in [6, 6.07) is 8.84.